The fraction of sp³-hybridized carbons (Fsp3) is 0.250. The van der Waals surface area contributed by atoms with E-state index in [2.05, 4.69) is 10.1 Å². The Morgan fingerprint density at radius 2 is 2.28 bits per heavy atom. The Labute approximate surface area is 108 Å². The van der Waals surface area contributed by atoms with Crippen molar-refractivity contribution in [1.29, 1.82) is 0 Å². The van der Waals surface area contributed by atoms with Crippen molar-refractivity contribution >= 4 is 17.6 Å². The van der Waals surface area contributed by atoms with E-state index >= 15 is 0 Å². The van der Waals surface area contributed by atoms with Crippen molar-refractivity contribution in [1.82, 2.24) is 14.8 Å². The van der Waals surface area contributed by atoms with Gasteiger partial charge in [-0.05, 0) is 25.0 Å². The molecule has 1 N–H and O–H groups in total. The topological polar surface area (TPSA) is 68.0 Å². The van der Waals surface area contributed by atoms with Gasteiger partial charge in [0.25, 0.3) is 0 Å². The Morgan fingerprint density at radius 1 is 1.50 bits per heavy atom. The van der Waals surface area contributed by atoms with Crippen LogP contribution in [0.5, 0.6) is 0 Å². The van der Waals surface area contributed by atoms with Crippen molar-refractivity contribution in [3.05, 3.63) is 40.8 Å². The van der Waals surface area contributed by atoms with Gasteiger partial charge in [0.15, 0.2) is 5.82 Å². The monoisotopic (exact) mass is 263 g/mol. The first-order valence-corrected chi connectivity index (χ1v) is 5.98. The van der Waals surface area contributed by atoms with Crippen LogP contribution >= 0.6 is 11.6 Å². The minimum Gasteiger partial charge on any atom is -0.478 e. The molecule has 0 aromatic carbocycles. The highest BCUT2D eigenvalue weighted by atomic mass is 35.5. The smallest absolute Gasteiger partial charge is 0.337 e. The maximum Gasteiger partial charge on any atom is 0.337 e. The molecular weight excluding hydrogens is 254 g/mol. The lowest BCUT2D eigenvalue weighted by molar-refractivity contribution is 0.0696. The average Bonchev–Trinajstić information content (AvgIpc) is 3.08. The van der Waals surface area contributed by atoms with Crippen LogP contribution in [-0.4, -0.2) is 25.8 Å². The lowest BCUT2D eigenvalue weighted by atomic mass is 10.3. The van der Waals surface area contributed by atoms with E-state index in [0.29, 0.717) is 11.7 Å². The van der Waals surface area contributed by atoms with Gasteiger partial charge >= 0.3 is 5.97 Å². The van der Waals surface area contributed by atoms with E-state index < -0.39 is 5.97 Å². The number of hydrogen-bond donors (Lipinski definition) is 1. The number of carboxylic acid groups (broad SMARTS) is 1. The third kappa shape index (κ3) is 1.97. The molecule has 1 aliphatic rings. The summed E-state index contributed by atoms with van der Waals surface area (Å²) < 4.78 is 1.58. The molecule has 6 heteroatoms. The second kappa shape index (κ2) is 4.10. The molecule has 0 unspecified atom stereocenters. The highest BCUT2D eigenvalue weighted by Crippen LogP contribution is 2.39. The summed E-state index contributed by atoms with van der Waals surface area (Å²) in [5, 5.41) is 13.5. The van der Waals surface area contributed by atoms with E-state index in [1.54, 1.807) is 10.9 Å². The zero-order valence-corrected chi connectivity index (χ0v) is 10.1. The molecule has 0 aliphatic heterocycles. The van der Waals surface area contributed by atoms with Crippen LogP contribution in [-0.2, 0) is 0 Å². The molecule has 1 fully saturated rings. The molecule has 1 aliphatic carbocycles. The van der Waals surface area contributed by atoms with Crippen molar-refractivity contribution in [3.8, 4) is 5.82 Å². The Kier molecular flexibility index (Phi) is 2.56. The highest BCUT2D eigenvalue weighted by molar-refractivity contribution is 6.32. The molecule has 0 saturated heterocycles. The number of aromatic nitrogens is 3. The van der Waals surface area contributed by atoms with Gasteiger partial charge in [-0.2, -0.15) is 5.10 Å². The van der Waals surface area contributed by atoms with Crippen LogP contribution in [0, 0.1) is 0 Å². The van der Waals surface area contributed by atoms with Gasteiger partial charge in [0.2, 0.25) is 0 Å². The molecule has 2 aromatic rings. The number of aromatic carboxylic acids is 1. The van der Waals surface area contributed by atoms with Crippen molar-refractivity contribution in [2.75, 3.05) is 0 Å². The van der Waals surface area contributed by atoms with Crippen LogP contribution in [0.4, 0.5) is 0 Å². The largest absolute Gasteiger partial charge is 0.478 e. The number of halogens is 1. The Balaban J connectivity index is 1.97. The Morgan fingerprint density at radius 3 is 2.89 bits per heavy atom. The normalized spacial score (nSPS) is 14.7. The number of carboxylic acids is 1. The number of rotatable bonds is 3. The van der Waals surface area contributed by atoms with Gasteiger partial charge in [-0.25, -0.2) is 14.5 Å². The fourth-order valence-electron chi connectivity index (χ4n) is 1.77. The summed E-state index contributed by atoms with van der Waals surface area (Å²) in [6, 6.07) is 3.32. The quantitative estimate of drug-likeness (QED) is 0.924. The zero-order chi connectivity index (χ0) is 12.7. The summed E-state index contributed by atoms with van der Waals surface area (Å²) in [7, 11) is 0. The van der Waals surface area contributed by atoms with Crippen LogP contribution in [0.15, 0.2) is 24.5 Å². The predicted octanol–water partition coefficient (Wildman–Crippen LogP) is 2.50. The number of hydrogen-bond acceptors (Lipinski definition) is 3. The van der Waals surface area contributed by atoms with E-state index in [-0.39, 0.29) is 10.6 Å². The summed E-state index contributed by atoms with van der Waals surface area (Å²) in [6.07, 6.45) is 5.43. The third-order valence-corrected chi connectivity index (χ3v) is 3.17. The Bertz CT molecular complexity index is 620. The standard InChI is InChI=1S/C12H10ClN3O2/c13-9-5-8(12(17)18)6-14-11(9)16-4-3-10(15-16)7-1-2-7/h3-7H,1-2H2,(H,17,18). The first-order valence-electron chi connectivity index (χ1n) is 5.60. The average molecular weight is 264 g/mol. The summed E-state index contributed by atoms with van der Waals surface area (Å²) in [4.78, 5) is 14.8. The minimum absolute atomic E-state index is 0.0679. The maximum atomic E-state index is 10.8. The van der Waals surface area contributed by atoms with Gasteiger partial charge in [-0.3, -0.25) is 0 Å². The van der Waals surface area contributed by atoms with Gasteiger partial charge in [0.1, 0.15) is 0 Å². The molecule has 0 spiro atoms. The van der Waals surface area contributed by atoms with E-state index in [1.165, 1.54) is 25.1 Å². The fourth-order valence-corrected chi connectivity index (χ4v) is 2.02. The summed E-state index contributed by atoms with van der Waals surface area (Å²) in [5.74, 6) is -0.0352. The summed E-state index contributed by atoms with van der Waals surface area (Å²) in [6.45, 7) is 0. The van der Waals surface area contributed by atoms with Crippen molar-refractivity contribution in [3.63, 3.8) is 0 Å². The number of carbonyl (C=O) groups is 1. The molecule has 92 valence electrons. The number of pyridine rings is 1. The summed E-state index contributed by atoms with van der Waals surface area (Å²) in [5.41, 5.74) is 1.11. The molecule has 1 saturated carbocycles. The first kappa shape index (κ1) is 11.2. The minimum atomic E-state index is -1.05. The molecule has 3 rings (SSSR count). The Hall–Kier alpha value is -1.88. The SMILES string of the molecule is O=C(O)c1cnc(-n2ccc(C3CC3)n2)c(Cl)c1. The lowest BCUT2D eigenvalue weighted by Crippen LogP contribution is -2.03. The predicted molar refractivity (Wildman–Crippen MR) is 65.3 cm³/mol. The first-order chi connectivity index (χ1) is 8.65. The molecule has 0 atom stereocenters. The van der Waals surface area contributed by atoms with Crippen LogP contribution in [0.1, 0.15) is 34.8 Å². The number of nitrogens with zero attached hydrogens (tertiary/aromatic N) is 3. The van der Waals surface area contributed by atoms with Gasteiger partial charge < -0.3 is 5.11 Å². The highest BCUT2D eigenvalue weighted by Gasteiger charge is 2.26. The van der Waals surface area contributed by atoms with E-state index in [1.807, 2.05) is 6.07 Å². The molecular formula is C12H10ClN3O2. The second-order valence-electron chi connectivity index (χ2n) is 4.29. The van der Waals surface area contributed by atoms with E-state index in [4.69, 9.17) is 16.7 Å². The molecule has 5 nitrogen and oxygen atoms in total. The van der Waals surface area contributed by atoms with Crippen molar-refractivity contribution < 1.29 is 9.90 Å². The molecule has 0 radical (unpaired) electrons. The van der Waals surface area contributed by atoms with Crippen molar-refractivity contribution in [2.24, 2.45) is 0 Å². The van der Waals surface area contributed by atoms with Crippen LogP contribution in [0.2, 0.25) is 5.02 Å². The molecule has 2 aromatic heterocycles. The molecule has 0 bridgehead atoms. The van der Waals surface area contributed by atoms with Crippen LogP contribution in [0.25, 0.3) is 5.82 Å². The third-order valence-electron chi connectivity index (χ3n) is 2.89. The van der Waals surface area contributed by atoms with Gasteiger partial charge in [0.05, 0.1) is 16.3 Å². The molecule has 2 heterocycles. The van der Waals surface area contributed by atoms with E-state index in [0.717, 1.165) is 5.69 Å². The van der Waals surface area contributed by atoms with Gasteiger partial charge in [-0.1, -0.05) is 11.6 Å². The molecule has 0 amide bonds. The van der Waals surface area contributed by atoms with Gasteiger partial charge in [-0.15, -0.1) is 0 Å². The van der Waals surface area contributed by atoms with Crippen LogP contribution < -0.4 is 0 Å². The lowest BCUT2D eigenvalue weighted by Gasteiger charge is -2.03. The molecule has 18 heavy (non-hydrogen) atoms. The maximum absolute atomic E-state index is 10.8. The summed E-state index contributed by atoms with van der Waals surface area (Å²) >= 11 is 6.03. The van der Waals surface area contributed by atoms with E-state index in [9.17, 15) is 4.79 Å². The van der Waals surface area contributed by atoms with Gasteiger partial charge in [0, 0.05) is 18.3 Å². The second-order valence-corrected chi connectivity index (χ2v) is 4.70. The zero-order valence-electron chi connectivity index (χ0n) is 9.38. The van der Waals surface area contributed by atoms with Crippen LogP contribution in [0.3, 0.4) is 0 Å². The van der Waals surface area contributed by atoms with Crippen molar-refractivity contribution in [2.45, 2.75) is 18.8 Å².